The molecule has 0 saturated heterocycles. The summed E-state index contributed by atoms with van der Waals surface area (Å²) in [6, 6.07) is 4.77. The van der Waals surface area contributed by atoms with E-state index in [1.165, 1.54) is 6.07 Å². The Balaban J connectivity index is 2.19. The second-order valence-electron chi connectivity index (χ2n) is 4.02. The van der Waals surface area contributed by atoms with Gasteiger partial charge in [0.25, 0.3) is 0 Å². The lowest BCUT2D eigenvalue weighted by molar-refractivity contribution is -0.688. The van der Waals surface area contributed by atoms with Gasteiger partial charge in [0, 0.05) is 5.56 Å². The van der Waals surface area contributed by atoms with Crippen LogP contribution in [0.3, 0.4) is 0 Å². The van der Waals surface area contributed by atoms with Crippen LogP contribution in [0.4, 0.5) is 4.39 Å². The third-order valence-electron chi connectivity index (χ3n) is 2.63. The molecule has 0 saturated carbocycles. The SMILES string of the molecule is CCCn1cc[n+](Cc2c(F)cccc2Cl)c1. The van der Waals surface area contributed by atoms with E-state index in [4.69, 9.17) is 11.6 Å². The molecular formula is C13H15ClFN2+. The maximum Gasteiger partial charge on any atom is 0.244 e. The molecule has 0 atom stereocenters. The Hall–Kier alpha value is -1.35. The smallest absolute Gasteiger partial charge is 0.237 e. The van der Waals surface area contributed by atoms with Gasteiger partial charge in [-0.3, -0.25) is 0 Å². The van der Waals surface area contributed by atoms with Crippen LogP contribution in [0.15, 0.2) is 36.9 Å². The monoisotopic (exact) mass is 253 g/mol. The lowest BCUT2D eigenvalue weighted by atomic mass is 10.2. The second kappa shape index (κ2) is 5.32. The van der Waals surface area contributed by atoms with Gasteiger partial charge >= 0.3 is 0 Å². The number of benzene rings is 1. The van der Waals surface area contributed by atoms with Gasteiger partial charge < -0.3 is 0 Å². The summed E-state index contributed by atoms with van der Waals surface area (Å²) in [6.45, 7) is 3.55. The largest absolute Gasteiger partial charge is 0.244 e. The zero-order valence-electron chi connectivity index (χ0n) is 9.74. The maximum atomic E-state index is 13.6. The van der Waals surface area contributed by atoms with Crippen LogP contribution in [0.25, 0.3) is 0 Å². The Labute approximate surface area is 105 Å². The molecule has 0 amide bonds. The van der Waals surface area contributed by atoms with Gasteiger partial charge in [-0.25, -0.2) is 13.5 Å². The zero-order valence-corrected chi connectivity index (χ0v) is 10.5. The first-order chi connectivity index (χ1) is 8.20. The van der Waals surface area contributed by atoms with Gasteiger partial charge in [-0.05, 0) is 18.6 Å². The van der Waals surface area contributed by atoms with Gasteiger partial charge in [-0.15, -0.1) is 0 Å². The normalized spacial score (nSPS) is 10.8. The number of hydrogen-bond donors (Lipinski definition) is 0. The molecule has 0 spiro atoms. The quantitative estimate of drug-likeness (QED) is 0.741. The summed E-state index contributed by atoms with van der Waals surface area (Å²) in [5, 5.41) is 0.473. The van der Waals surface area contributed by atoms with E-state index in [1.807, 2.05) is 23.3 Å². The molecule has 2 rings (SSSR count). The van der Waals surface area contributed by atoms with Crippen LogP contribution in [0.2, 0.25) is 5.02 Å². The molecule has 90 valence electrons. The molecule has 2 aromatic rings. The maximum absolute atomic E-state index is 13.6. The second-order valence-corrected chi connectivity index (χ2v) is 4.43. The van der Waals surface area contributed by atoms with E-state index in [-0.39, 0.29) is 5.82 Å². The van der Waals surface area contributed by atoms with E-state index in [1.54, 1.807) is 12.1 Å². The fourth-order valence-corrected chi connectivity index (χ4v) is 2.01. The predicted octanol–water partition coefficient (Wildman–Crippen LogP) is 3.03. The van der Waals surface area contributed by atoms with Crippen LogP contribution < -0.4 is 4.57 Å². The molecule has 0 aliphatic carbocycles. The number of hydrogen-bond acceptors (Lipinski definition) is 0. The average Bonchev–Trinajstić information content (AvgIpc) is 2.72. The number of aryl methyl sites for hydroxylation is 1. The van der Waals surface area contributed by atoms with Gasteiger partial charge in [-0.1, -0.05) is 24.6 Å². The van der Waals surface area contributed by atoms with Crippen LogP contribution in [0, 0.1) is 5.82 Å². The van der Waals surface area contributed by atoms with Crippen molar-refractivity contribution >= 4 is 11.6 Å². The minimum Gasteiger partial charge on any atom is -0.237 e. The van der Waals surface area contributed by atoms with Crippen LogP contribution >= 0.6 is 11.6 Å². The van der Waals surface area contributed by atoms with E-state index in [2.05, 4.69) is 11.5 Å². The molecule has 1 aromatic heterocycles. The highest BCUT2D eigenvalue weighted by atomic mass is 35.5. The van der Waals surface area contributed by atoms with Crippen LogP contribution in [-0.2, 0) is 13.1 Å². The molecule has 0 aliphatic heterocycles. The molecule has 4 heteroatoms. The molecule has 0 unspecified atom stereocenters. The van der Waals surface area contributed by atoms with E-state index in [9.17, 15) is 4.39 Å². The Morgan fingerprint density at radius 2 is 2.24 bits per heavy atom. The molecule has 0 bridgehead atoms. The predicted molar refractivity (Wildman–Crippen MR) is 65.4 cm³/mol. The molecule has 2 nitrogen and oxygen atoms in total. The standard InChI is InChI=1S/C13H15ClFN2/c1-2-6-16-7-8-17(10-16)9-11-12(14)4-3-5-13(11)15/h3-5,7-8,10H,2,6,9H2,1H3/q+1. The number of halogens is 2. The first kappa shape index (κ1) is 12.1. The number of rotatable bonds is 4. The average molecular weight is 254 g/mol. The van der Waals surface area contributed by atoms with Crippen LogP contribution in [0.5, 0.6) is 0 Å². The van der Waals surface area contributed by atoms with Crippen molar-refractivity contribution in [2.45, 2.75) is 26.4 Å². The van der Waals surface area contributed by atoms with Crippen molar-refractivity contribution < 1.29 is 8.96 Å². The van der Waals surface area contributed by atoms with E-state index < -0.39 is 0 Å². The highest BCUT2D eigenvalue weighted by Gasteiger charge is 2.11. The van der Waals surface area contributed by atoms with Crippen molar-refractivity contribution in [1.29, 1.82) is 0 Å². The Bertz CT molecular complexity index is 488. The summed E-state index contributed by atoms with van der Waals surface area (Å²) in [4.78, 5) is 0. The fourth-order valence-electron chi connectivity index (χ4n) is 1.79. The summed E-state index contributed by atoms with van der Waals surface area (Å²) in [7, 11) is 0. The summed E-state index contributed by atoms with van der Waals surface area (Å²) >= 11 is 5.99. The summed E-state index contributed by atoms with van der Waals surface area (Å²) in [5.74, 6) is -0.256. The van der Waals surface area contributed by atoms with Crippen molar-refractivity contribution in [2.24, 2.45) is 0 Å². The zero-order chi connectivity index (χ0) is 12.3. The summed E-state index contributed by atoms with van der Waals surface area (Å²) < 4.78 is 17.6. The van der Waals surface area contributed by atoms with Crippen molar-refractivity contribution in [1.82, 2.24) is 4.57 Å². The molecule has 0 fully saturated rings. The van der Waals surface area contributed by atoms with Crippen LogP contribution in [0.1, 0.15) is 18.9 Å². The van der Waals surface area contributed by atoms with E-state index in [0.29, 0.717) is 17.1 Å². The highest BCUT2D eigenvalue weighted by molar-refractivity contribution is 6.31. The fraction of sp³-hybridized carbons (Fsp3) is 0.308. The molecule has 1 heterocycles. The lowest BCUT2D eigenvalue weighted by Gasteiger charge is -2.02. The number of aromatic nitrogens is 2. The molecule has 0 aliphatic rings. The third-order valence-corrected chi connectivity index (χ3v) is 2.98. The minimum absolute atomic E-state index is 0.256. The van der Waals surface area contributed by atoms with Gasteiger partial charge in [0.1, 0.15) is 24.8 Å². The van der Waals surface area contributed by atoms with Gasteiger partial charge in [0.2, 0.25) is 6.33 Å². The molecular weight excluding hydrogens is 239 g/mol. The van der Waals surface area contributed by atoms with E-state index >= 15 is 0 Å². The van der Waals surface area contributed by atoms with Crippen molar-refractivity contribution in [3.8, 4) is 0 Å². The van der Waals surface area contributed by atoms with Gasteiger partial charge in [0.05, 0.1) is 11.6 Å². The van der Waals surface area contributed by atoms with Gasteiger partial charge in [-0.2, -0.15) is 0 Å². The Kier molecular flexibility index (Phi) is 3.79. The first-order valence-corrected chi connectivity index (χ1v) is 6.06. The minimum atomic E-state index is -0.256. The molecule has 0 N–H and O–H groups in total. The third kappa shape index (κ3) is 2.86. The molecule has 0 radical (unpaired) electrons. The number of nitrogens with zero attached hydrogens (tertiary/aromatic N) is 2. The summed E-state index contributed by atoms with van der Waals surface area (Å²) in [5.41, 5.74) is 0.536. The van der Waals surface area contributed by atoms with Crippen molar-refractivity contribution in [2.75, 3.05) is 0 Å². The molecule has 1 aromatic carbocycles. The van der Waals surface area contributed by atoms with Crippen molar-refractivity contribution in [3.63, 3.8) is 0 Å². The van der Waals surface area contributed by atoms with E-state index in [0.717, 1.165) is 13.0 Å². The van der Waals surface area contributed by atoms with Crippen molar-refractivity contribution in [3.05, 3.63) is 53.3 Å². The summed E-state index contributed by atoms with van der Waals surface area (Å²) in [6.07, 6.45) is 6.96. The topological polar surface area (TPSA) is 8.81 Å². The van der Waals surface area contributed by atoms with Gasteiger partial charge in [0.15, 0.2) is 0 Å². The lowest BCUT2D eigenvalue weighted by Crippen LogP contribution is -2.32. The first-order valence-electron chi connectivity index (χ1n) is 5.68. The molecule has 17 heavy (non-hydrogen) atoms. The Morgan fingerprint density at radius 3 is 2.94 bits per heavy atom. The number of imidazole rings is 1. The highest BCUT2D eigenvalue weighted by Crippen LogP contribution is 2.18. The van der Waals surface area contributed by atoms with Crippen LogP contribution in [-0.4, -0.2) is 4.57 Å². The Morgan fingerprint density at radius 1 is 1.41 bits per heavy atom.